The van der Waals surface area contributed by atoms with Gasteiger partial charge in [-0.05, 0) is 25.0 Å². The molecule has 0 aromatic heterocycles. The first-order valence-electron chi connectivity index (χ1n) is 4.90. The standard InChI is InChI=1S/C9H10N2O5S/c12-9-4-3-7(5-8(9)11(13)14)17(15,16)10-6-1-2-6/h3-6,10,12H,1-2H2. The number of sulfonamides is 1. The number of nitrogens with zero attached hydrogens (tertiary/aromatic N) is 1. The molecule has 0 radical (unpaired) electrons. The first-order valence-corrected chi connectivity index (χ1v) is 6.38. The largest absolute Gasteiger partial charge is 0.502 e. The number of benzene rings is 1. The van der Waals surface area contributed by atoms with Gasteiger partial charge in [0.2, 0.25) is 10.0 Å². The Hall–Kier alpha value is -1.67. The normalized spacial score (nSPS) is 15.8. The quantitative estimate of drug-likeness (QED) is 0.611. The maximum atomic E-state index is 11.8. The van der Waals surface area contributed by atoms with E-state index in [-0.39, 0.29) is 10.9 Å². The second-order valence-corrected chi connectivity index (χ2v) is 5.52. The van der Waals surface area contributed by atoms with Gasteiger partial charge in [-0.15, -0.1) is 0 Å². The van der Waals surface area contributed by atoms with Gasteiger partial charge in [0.1, 0.15) is 0 Å². The van der Waals surface area contributed by atoms with E-state index in [4.69, 9.17) is 0 Å². The molecular weight excluding hydrogens is 248 g/mol. The third-order valence-corrected chi connectivity index (χ3v) is 3.87. The first kappa shape index (κ1) is 11.8. The van der Waals surface area contributed by atoms with Crippen LogP contribution in [0.15, 0.2) is 23.1 Å². The molecule has 0 heterocycles. The highest BCUT2D eigenvalue weighted by molar-refractivity contribution is 7.89. The first-order chi connectivity index (χ1) is 7.90. The van der Waals surface area contributed by atoms with E-state index >= 15 is 0 Å². The molecule has 0 aliphatic heterocycles. The fourth-order valence-corrected chi connectivity index (χ4v) is 2.63. The molecule has 2 N–H and O–H groups in total. The van der Waals surface area contributed by atoms with Crippen LogP contribution in [0.1, 0.15) is 12.8 Å². The van der Waals surface area contributed by atoms with Crippen molar-refractivity contribution in [3.05, 3.63) is 28.3 Å². The van der Waals surface area contributed by atoms with Gasteiger partial charge in [0.25, 0.3) is 0 Å². The Bertz CT molecular complexity index is 565. The minimum atomic E-state index is -3.74. The highest BCUT2D eigenvalue weighted by Crippen LogP contribution is 2.29. The van der Waals surface area contributed by atoms with E-state index in [2.05, 4.69) is 4.72 Å². The van der Waals surface area contributed by atoms with Crippen molar-refractivity contribution in [1.29, 1.82) is 0 Å². The van der Waals surface area contributed by atoms with Gasteiger partial charge in [-0.2, -0.15) is 0 Å². The van der Waals surface area contributed by atoms with Crippen molar-refractivity contribution in [1.82, 2.24) is 4.72 Å². The van der Waals surface area contributed by atoms with Crippen molar-refractivity contribution in [3.63, 3.8) is 0 Å². The second kappa shape index (κ2) is 3.97. The van der Waals surface area contributed by atoms with Crippen molar-refractivity contribution >= 4 is 15.7 Å². The lowest BCUT2D eigenvalue weighted by molar-refractivity contribution is -0.386. The molecule has 0 saturated heterocycles. The van der Waals surface area contributed by atoms with Crippen LogP contribution in [0.25, 0.3) is 0 Å². The third-order valence-electron chi connectivity index (χ3n) is 2.35. The van der Waals surface area contributed by atoms with Crippen LogP contribution in [-0.4, -0.2) is 24.5 Å². The lowest BCUT2D eigenvalue weighted by atomic mass is 10.3. The van der Waals surface area contributed by atoms with Crippen LogP contribution in [0.4, 0.5) is 5.69 Å². The molecule has 0 bridgehead atoms. The molecule has 0 atom stereocenters. The van der Waals surface area contributed by atoms with Crippen molar-refractivity contribution in [2.24, 2.45) is 0 Å². The van der Waals surface area contributed by atoms with Gasteiger partial charge in [0.05, 0.1) is 9.82 Å². The molecular formula is C9H10N2O5S. The number of nitrogens with one attached hydrogen (secondary N) is 1. The maximum absolute atomic E-state index is 11.8. The summed E-state index contributed by atoms with van der Waals surface area (Å²) < 4.78 is 25.9. The number of hydrogen-bond donors (Lipinski definition) is 2. The third kappa shape index (κ3) is 2.53. The van der Waals surface area contributed by atoms with E-state index in [1.807, 2.05) is 0 Å². The van der Waals surface area contributed by atoms with Gasteiger partial charge in [-0.1, -0.05) is 0 Å². The zero-order chi connectivity index (χ0) is 12.6. The van der Waals surface area contributed by atoms with Gasteiger partial charge in [0.15, 0.2) is 5.75 Å². The molecule has 8 heteroatoms. The minimum absolute atomic E-state index is 0.0761. The van der Waals surface area contributed by atoms with Crippen molar-refractivity contribution in [2.45, 2.75) is 23.8 Å². The highest BCUT2D eigenvalue weighted by atomic mass is 32.2. The number of nitro benzene ring substituents is 1. The number of rotatable bonds is 4. The summed E-state index contributed by atoms with van der Waals surface area (Å²) in [6.45, 7) is 0. The predicted molar refractivity (Wildman–Crippen MR) is 58.1 cm³/mol. The van der Waals surface area contributed by atoms with Crippen LogP contribution in [-0.2, 0) is 10.0 Å². The van der Waals surface area contributed by atoms with E-state index in [0.29, 0.717) is 0 Å². The molecule has 0 spiro atoms. The Morgan fingerprint density at radius 2 is 2.06 bits per heavy atom. The fourth-order valence-electron chi connectivity index (χ4n) is 1.31. The number of aromatic hydroxyl groups is 1. The fraction of sp³-hybridized carbons (Fsp3) is 0.333. The van der Waals surface area contributed by atoms with Gasteiger partial charge in [-0.3, -0.25) is 10.1 Å². The van der Waals surface area contributed by atoms with E-state index in [0.717, 1.165) is 31.0 Å². The Labute approximate surface area is 97.3 Å². The average molecular weight is 258 g/mol. The topological polar surface area (TPSA) is 110 Å². The lowest BCUT2D eigenvalue weighted by Crippen LogP contribution is -2.25. The smallest absolute Gasteiger partial charge is 0.312 e. The number of nitro groups is 1. The van der Waals surface area contributed by atoms with Crippen LogP contribution in [0, 0.1) is 10.1 Å². The number of phenols is 1. The summed E-state index contributed by atoms with van der Waals surface area (Å²) >= 11 is 0. The monoisotopic (exact) mass is 258 g/mol. The Balaban J connectivity index is 2.38. The van der Waals surface area contributed by atoms with Gasteiger partial charge >= 0.3 is 5.69 Å². The van der Waals surface area contributed by atoms with Crippen LogP contribution >= 0.6 is 0 Å². The minimum Gasteiger partial charge on any atom is -0.502 e. The summed E-state index contributed by atoms with van der Waals surface area (Å²) in [6.07, 6.45) is 1.55. The molecule has 1 aromatic carbocycles. The summed E-state index contributed by atoms with van der Waals surface area (Å²) in [4.78, 5) is 9.52. The molecule has 92 valence electrons. The van der Waals surface area contributed by atoms with Crippen LogP contribution in [0.2, 0.25) is 0 Å². The molecule has 1 aliphatic rings. The van der Waals surface area contributed by atoms with Crippen molar-refractivity contribution in [3.8, 4) is 5.75 Å². The molecule has 0 amide bonds. The second-order valence-electron chi connectivity index (χ2n) is 3.80. The molecule has 1 fully saturated rings. The van der Waals surface area contributed by atoms with Crippen LogP contribution < -0.4 is 4.72 Å². The SMILES string of the molecule is O=[N+]([O-])c1cc(S(=O)(=O)NC2CC2)ccc1O. The maximum Gasteiger partial charge on any atom is 0.312 e. The van der Waals surface area contributed by atoms with E-state index in [1.165, 1.54) is 0 Å². The summed E-state index contributed by atoms with van der Waals surface area (Å²) in [5.74, 6) is -0.555. The summed E-state index contributed by atoms with van der Waals surface area (Å²) in [7, 11) is -3.74. The van der Waals surface area contributed by atoms with E-state index < -0.39 is 26.4 Å². The lowest BCUT2D eigenvalue weighted by Gasteiger charge is -2.05. The summed E-state index contributed by atoms with van der Waals surface area (Å²) in [5.41, 5.74) is -0.622. The Kier molecular flexibility index (Phi) is 2.76. The molecule has 2 rings (SSSR count). The van der Waals surface area contributed by atoms with Gasteiger partial charge < -0.3 is 5.11 Å². The molecule has 1 saturated carbocycles. The average Bonchev–Trinajstić information content (AvgIpc) is 3.00. The highest BCUT2D eigenvalue weighted by Gasteiger charge is 2.29. The Morgan fingerprint density at radius 3 is 2.59 bits per heavy atom. The van der Waals surface area contributed by atoms with Crippen LogP contribution in [0.5, 0.6) is 5.75 Å². The molecule has 7 nitrogen and oxygen atoms in total. The molecule has 1 aromatic rings. The molecule has 0 unspecified atom stereocenters. The molecule has 17 heavy (non-hydrogen) atoms. The van der Waals surface area contributed by atoms with Crippen molar-refractivity contribution in [2.75, 3.05) is 0 Å². The predicted octanol–water partition coefficient (Wildman–Crippen LogP) is 0.741. The molecule has 1 aliphatic carbocycles. The van der Waals surface area contributed by atoms with E-state index in [1.54, 1.807) is 0 Å². The van der Waals surface area contributed by atoms with Gasteiger partial charge in [0, 0.05) is 12.1 Å². The van der Waals surface area contributed by atoms with Crippen LogP contribution in [0.3, 0.4) is 0 Å². The number of phenolic OH excluding ortho intramolecular Hbond substituents is 1. The summed E-state index contributed by atoms with van der Waals surface area (Å²) in [6, 6.07) is 2.90. The number of hydrogen-bond acceptors (Lipinski definition) is 5. The van der Waals surface area contributed by atoms with Gasteiger partial charge in [-0.25, -0.2) is 13.1 Å². The zero-order valence-electron chi connectivity index (χ0n) is 8.66. The van der Waals surface area contributed by atoms with Crippen molar-refractivity contribution < 1.29 is 18.4 Å². The Morgan fingerprint density at radius 1 is 1.41 bits per heavy atom. The summed E-state index contributed by atoms with van der Waals surface area (Å²) in [5, 5.41) is 19.8. The zero-order valence-corrected chi connectivity index (χ0v) is 9.48. The van der Waals surface area contributed by atoms with E-state index in [9.17, 15) is 23.6 Å².